The summed E-state index contributed by atoms with van der Waals surface area (Å²) in [6, 6.07) is 13.1. The molecule has 5 heteroatoms. The summed E-state index contributed by atoms with van der Waals surface area (Å²) in [5, 5.41) is 2.94. The van der Waals surface area contributed by atoms with Crippen LogP contribution in [0.1, 0.15) is 27.0 Å². The number of methoxy groups -OCH3 is 1. The number of carbonyl (C=O) groups excluding carboxylic acids is 2. The average Bonchev–Trinajstić information content (AvgIpc) is 2.58. The molecule has 2 rings (SSSR count). The van der Waals surface area contributed by atoms with Crippen molar-refractivity contribution >= 4 is 29.3 Å². The van der Waals surface area contributed by atoms with Gasteiger partial charge in [0, 0.05) is 11.4 Å². The molecule has 0 atom stereocenters. The predicted octanol–water partition coefficient (Wildman–Crippen LogP) is 3.96. The van der Waals surface area contributed by atoms with Gasteiger partial charge in [-0.05, 0) is 48.7 Å². The van der Waals surface area contributed by atoms with Crippen molar-refractivity contribution in [3.05, 3.63) is 64.7 Å². The van der Waals surface area contributed by atoms with E-state index in [9.17, 15) is 9.59 Å². The van der Waals surface area contributed by atoms with Crippen LogP contribution < -0.4 is 5.32 Å². The summed E-state index contributed by atoms with van der Waals surface area (Å²) < 4.78 is 4.71. The molecule has 2 aromatic rings. The highest BCUT2D eigenvalue weighted by Crippen LogP contribution is 2.19. The Morgan fingerprint density at radius 1 is 1.12 bits per heavy atom. The number of aryl methyl sites for hydroxylation is 1. The van der Waals surface area contributed by atoms with Crippen molar-refractivity contribution in [2.75, 3.05) is 18.2 Å². The molecule has 1 N–H and O–H groups in total. The monoisotopic (exact) mass is 343 g/mol. The van der Waals surface area contributed by atoms with Crippen LogP contribution in [0.3, 0.4) is 0 Å². The summed E-state index contributed by atoms with van der Waals surface area (Å²) in [6.07, 6.45) is 0. The van der Waals surface area contributed by atoms with Gasteiger partial charge in [0.1, 0.15) is 0 Å². The highest BCUT2D eigenvalue weighted by molar-refractivity contribution is 7.99. The first-order valence-corrected chi connectivity index (χ1v) is 8.78. The van der Waals surface area contributed by atoms with Gasteiger partial charge in [-0.1, -0.05) is 24.3 Å². The fourth-order valence-corrected chi connectivity index (χ4v) is 3.02. The molecule has 0 saturated heterocycles. The van der Waals surface area contributed by atoms with Crippen molar-refractivity contribution in [3.63, 3.8) is 0 Å². The second-order valence-corrected chi connectivity index (χ2v) is 6.47. The number of amides is 1. The molecule has 4 nitrogen and oxygen atoms in total. The summed E-state index contributed by atoms with van der Waals surface area (Å²) in [7, 11) is 1.36. The van der Waals surface area contributed by atoms with Gasteiger partial charge in [0.05, 0.1) is 18.4 Å². The molecule has 0 radical (unpaired) electrons. The van der Waals surface area contributed by atoms with E-state index in [4.69, 9.17) is 4.74 Å². The minimum atomic E-state index is -0.352. The molecule has 0 heterocycles. The van der Waals surface area contributed by atoms with Crippen LogP contribution in [0, 0.1) is 13.8 Å². The number of carbonyl (C=O) groups is 2. The zero-order valence-electron chi connectivity index (χ0n) is 14.1. The summed E-state index contributed by atoms with van der Waals surface area (Å²) in [4.78, 5) is 23.6. The van der Waals surface area contributed by atoms with Crippen LogP contribution in [0.15, 0.2) is 42.5 Å². The molecule has 0 spiro atoms. The standard InChI is InChI=1S/C19H21NO3S/c1-13-6-4-9-17(14(13)2)20-18(21)12-24-11-15-7-5-8-16(10-15)19(22)23-3/h4-10H,11-12H2,1-3H3,(H,20,21). The topological polar surface area (TPSA) is 55.4 Å². The van der Waals surface area contributed by atoms with Gasteiger partial charge in [-0.2, -0.15) is 0 Å². The van der Waals surface area contributed by atoms with E-state index in [1.807, 2.05) is 44.2 Å². The van der Waals surface area contributed by atoms with E-state index in [0.717, 1.165) is 22.4 Å². The molecule has 0 unspecified atom stereocenters. The van der Waals surface area contributed by atoms with Crippen molar-refractivity contribution in [1.82, 2.24) is 0 Å². The third kappa shape index (κ3) is 4.86. The van der Waals surface area contributed by atoms with Gasteiger partial charge in [0.15, 0.2) is 0 Å². The Morgan fingerprint density at radius 2 is 1.88 bits per heavy atom. The Hall–Kier alpha value is -2.27. The molecule has 2 aromatic carbocycles. The number of esters is 1. The van der Waals surface area contributed by atoms with Crippen LogP contribution >= 0.6 is 11.8 Å². The number of rotatable bonds is 6. The maximum Gasteiger partial charge on any atom is 0.337 e. The van der Waals surface area contributed by atoms with Crippen LogP contribution in [0.25, 0.3) is 0 Å². The van der Waals surface area contributed by atoms with Crippen molar-refractivity contribution in [3.8, 4) is 0 Å². The van der Waals surface area contributed by atoms with Gasteiger partial charge in [0.25, 0.3) is 0 Å². The highest BCUT2D eigenvalue weighted by atomic mass is 32.2. The Morgan fingerprint density at radius 3 is 2.62 bits per heavy atom. The number of hydrogen-bond donors (Lipinski definition) is 1. The molecule has 0 aliphatic rings. The maximum atomic E-state index is 12.1. The number of ether oxygens (including phenoxy) is 1. The summed E-state index contributed by atoms with van der Waals surface area (Å²) >= 11 is 1.51. The van der Waals surface area contributed by atoms with E-state index in [1.54, 1.807) is 12.1 Å². The summed E-state index contributed by atoms with van der Waals surface area (Å²) in [5.74, 6) is 0.633. The van der Waals surface area contributed by atoms with E-state index in [0.29, 0.717) is 17.1 Å². The van der Waals surface area contributed by atoms with Crippen LogP contribution in [-0.2, 0) is 15.3 Å². The lowest BCUT2D eigenvalue weighted by Crippen LogP contribution is -2.15. The van der Waals surface area contributed by atoms with E-state index >= 15 is 0 Å². The summed E-state index contributed by atoms with van der Waals surface area (Å²) in [5.41, 5.74) is 4.60. The van der Waals surface area contributed by atoms with E-state index in [2.05, 4.69) is 5.32 Å². The Balaban J connectivity index is 1.87. The minimum Gasteiger partial charge on any atom is -0.465 e. The van der Waals surface area contributed by atoms with E-state index in [1.165, 1.54) is 18.9 Å². The molecule has 126 valence electrons. The fourth-order valence-electron chi connectivity index (χ4n) is 2.24. The molecule has 0 aliphatic carbocycles. The van der Waals surface area contributed by atoms with Gasteiger partial charge in [0.2, 0.25) is 5.91 Å². The first-order valence-electron chi connectivity index (χ1n) is 7.62. The number of anilines is 1. The fraction of sp³-hybridized carbons (Fsp3) is 0.263. The Labute approximate surface area is 146 Å². The average molecular weight is 343 g/mol. The molecule has 24 heavy (non-hydrogen) atoms. The Kier molecular flexibility index (Phi) is 6.44. The van der Waals surface area contributed by atoms with Crippen LogP contribution in [0.2, 0.25) is 0 Å². The van der Waals surface area contributed by atoms with Crippen LogP contribution in [0.5, 0.6) is 0 Å². The maximum absolute atomic E-state index is 12.1. The zero-order chi connectivity index (χ0) is 17.5. The predicted molar refractivity (Wildman–Crippen MR) is 98.5 cm³/mol. The molecule has 0 fully saturated rings. The van der Waals surface area contributed by atoms with Crippen molar-refractivity contribution in [1.29, 1.82) is 0 Å². The smallest absolute Gasteiger partial charge is 0.337 e. The Bertz CT molecular complexity index is 743. The van der Waals surface area contributed by atoms with Gasteiger partial charge in [-0.25, -0.2) is 4.79 Å². The molecule has 1 amide bonds. The second-order valence-electron chi connectivity index (χ2n) is 5.48. The number of nitrogens with one attached hydrogen (secondary N) is 1. The number of thioether (sulfide) groups is 1. The third-order valence-corrected chi connectivity index (χ3v) is 4.73. The van der Waals surface area contributed by atoms with Crippen LogP contribution in [-0.4, -0.2) is 24.7 Å². The zero-order valence-corrected chi connectivity index (χ0v) is 14.9. The third-order valence-electron chi connectivity index (χ3n) is 3.73. The quantitative estimate of drug-likeness (QED) is 0.807. The summed E-state index contributed by atoms with van der Waals surface area (Å²) in [6.45, 7) is 4.02. The molecule has 0 aliphatic heterocycles. The van der Waals surface area contributed by atoms with E-state index < -0.39 is 0 Å². The first kappa shape index (κ1) is 18.1. The first-order chi connectivity index (χ1) is 11.5. The van der Waals surface area contributed by atoms with Crippen LogP contribution in [0.4, 0.5) is 5.69 Å². The molecule has 0 saturated carbocycles. The lowest BCUT2D eigenvalue weighted by molar-refractivity contribution is -0.113. The largest absolute Gasteiger partial charge is 0.465 e. The molecule has 0 aromatic heterocycles. The SMILES string of the molecule is COC(=O)c1cccc(CSCC(=O)Nc2cccc(C)c2C)c1. The second kappa shape index (κ2) is 8.55. The van der Waals surface area contributed by atoms with Gasteiger partial charge < -0.3 is 10.1 Å². The number of hydrogen-bond acceptors (Lipinski definition) is 4. The van der Waals surface area contributed by atoms with Gasteiger partial charge in [-0.3, -0.25) is 4.79 Å². The minimum absolute atomic E-state index is 0.0298. The lowest BCUT2D eigenvalue weighted by atomic mass is 10.1. The molecule has 0 bridgehead atoms. The van der Waals surface area contributed by atoms with E-state index in [-0.39, 0.29) is 11.9 Å². The van der Waals surface area contributed by atoms with Gasteiger partial charge in [-0.15, -0.1) is 11.8 Å². The number of benzene rings is 2. The molecular weight excluding hydrogens is 322 g/mol. The van der Waals surface area contributed by atoms with Gasteiger partial charge >= 0.3 is 5.97 Å². The van der Waals surface area contributed by atoms with Crippen molar-refractivity contribution < 1.29 is 14.3 Å². The van der Waals surface area contributed by atoms with Crippen molar-refractivity contribution in [2.24, 2.45) is 0 Å². The normalized spacial score (nSPS) is 10.3. The lowest BCUT2D eigenvalue weighted by Gasteiger charge is -2.10. The highest BCUT2D eigenvalue weighted by Gasteiger charge is 2.08. The molecular formula is C19H21NO3S. The van der Waals surface area contributed by atoms with Crippen molar-refractivity contribution in [2.45, 2.75) is 19.6 Å².